The van der Waals surface area contributed by atoms with Crippen molar-refractivity contribution >= 4 is 17.3 Å². The van der Waals surface area contributed by atoms with E-state index >= 15 is 0 Å². The average molecular weight is 220 g/mol. The van der Waals surface area contributed by atoms with E-state index in [9.17, 15) is 4.79 Å². The summed E-state index contributed by atoms with van der Waals surface area (Å²) < 4.78 is 0. The first-order chi connectivity index (χ1) is 7.27. The van der Waals surface area contributed by atoms with E-state index in [1.165, 1.54) is 17.7 Å². The number of hydrogen-bond acceptors (Lipinski definition) is 4. The zero-order valence-electron chi connectivity index (χ0n) is 7.75. The Morgan fingerprint density at radius 1 is 1.53 bits per heavy atom. The third-order valence-electron chi connectivity index (χ3n) is 1.88. The van der Waals surface area contributed by atoms with Crippen molar-refractivity contribution in [2.24, 2.45) is 0 Å². The van der Waals surface area contributed by atoms with Crippen LogP contribution in [-0.4, -0.2) is 21.0 Å². The minimum atomic E-state index is -0.873. The van der Waals surface area contributed by atoms with Crippen LogP contribution in [0.15, 0.2) is 30.0 Å². The Morgan fingerprint density at radius 2 is 2.40 bits per heavy atom. The second-order valence-electron chi connectivity index (χ2n) is 2.94. The van der Waals surface area contributed by atoms with Crippen LogP contribution in [-0.2, 0) is 11.2 Å². The maximum absolute atomic E-state index is 10.6. The lowest BCUT2D eigenvalue weighted by Gasteiger charge is -2.02. The number of aromatic nitrogens is 2. The quantitative estimate of drug-likeness (QED) is 0.857. The number of hydrogen-bond donors (Lipinski definition) is 1. The Morgan fingerprint density at radius 3 is 3.07 bits per heavy atom. The number of aliphatic carboxylic acids is 1. The van der Waals surface area contributed by atoms with Crippen molar-refractivity contribution in [2.45, 2.75) is 6.42 Å². The lowest BCUT2D eigenvalue weighted by Crippen LogP contribution is -2.03. The number of carboxylic acid groups (broad SMARTS) is 1. The molecule has 0 spiro atoms. The SMILES string of the molecule is O=C(O)Cc1cncnc1-c1cccs1. The standard InChI is InChI=1S/C10H8N2O2S/c13-9(14)4-7-5-11-6-12-10(7)8-2-1-3-15-8/h1-3,5-6H,4H2,(H,13,14). The second kappa shape index (κ2) is 4.18. The highest BCUT2D eigenvalue weighted by Gasteiger charge is 2.10. The normalized spacial score (nSPS) is 10.1. The van der Waals surface area contributed by atoms with Crippen LogP contribution in [0, 0.1) is 0 Å². The van der Waals surface area contributed by atoms with Crippen molar-refractivity contribution in [3.63, 3.8) is 0 Å². The third-order valence-corrected chi connectivity index (χ3v) is 2.76. The average Bonchev–Trinajstić information content (AvgIpc) is 2.70. The minimum Gasteiger partial charge on any atom is -0.481 e. The minimum absolute atomic E-state index is 0.0475. The van der Waals surface area contributed by atoms with Gasteiger partial charge in [0, 0.05) is 11.8 Å². The van der Waals surface area contributed by atoms with Crippen LogP contribution in [0.3, 0.4) is 0 Å². The molecule has 76 valence electrons. The highest BCUT2D eigenvalue weighted by molar-refractivity contribution is 7.13. The summed E-state index contributed by atoms with van der Waals surface area (Å²) >= 11 is 1.53. The molecule has 0 radical (unpaired) electrons. The highest BCUT2D eigenvalue weighted by Crippen LogP contribution is 2.25. The molecule has 0 bridgehead atoms. The summed E-state index contributed by atoms with van der Waals surface area (Å²) in [6, 6.07) is 3.82. The second-order valence-corrected chi connectivity index (χ2v) is 3.89. The van der Waals surface area contributed by atoms with E-state index in [2.05, 4.69) is 9.97 Å². The summed E-state index contributed by atoms with van der Waals surface area (Å²) in [4.78, 5) is 19.6. The highest BCUT2D eigenvalue weighted by atomic mass is 32.1. The molecule has 0 saturated heterocycles. The zero-order chi connectivity index (χ0) is 10.7. The number of nitrogens with zero attached hydrogens (tertiary/aromatic N) is 2. The predicted octanol–water partition coefficient (Wildman–Crippen LogP) is 1.83. The smallest absolute Gasteiger partial charge is 0.307 e. The Balaban J connectivity index is 2.42. The molecule has 2 heterocycles. The lowest BCUT2D eigenvalue weighted by atomic mass is 10.1. The van der Waals surface area contributed by atoms with Gasteiger partial charge in [-0.25, -0.2) is 9.97 Å². The summed E-state index contributed by atoms with van der Waals surface area (Å²) in [6.07, 6.45) is 2.94. The molecule has 0 unspecified atom stereocenters. The number of carboxylic acids is 1. The molecule has 0 saturated carbocycles. The van der Waals surface area contributed by atoms with Gasteiger partial charge >= 0.3 is 5.97 Å². The van der Waals surface area contributed by atoms with E-state index in [1.807, 2.05) is 17.5 Å². The van der Waals surface area contributed by atoms with E-state index in [4.69, 9.17) is 5.11 Å². The van der Waals surface area contributed by atoms with Crippen LogP contribution in [0.4, 0.5) is 0 Å². The van der Waals surface area contributed by atoms with Crippen LogP contribution in [0.5, 0.6) is 0 Å². The lowest BCUT2D eigenvalue weighted by molar-refractivity contribution is -0.136. The number of carbonyl (C=O) groups is 1. The van der Waals surface area contributed by atoms with Gasteiger partial charge in [0.05, 0.1) is 17.0 Å². The van der Waals surface area contributed by atoms with Crippen LogP contribution < -0.4 is 0 Å². The van der Waals surface area contributed by atoms with Gasteiger partial charge in [-0.05, 0) is 11.4 Å². The van der Waals surface area contributed by atoms with Gasteiger partial charge in [0.25, 0.3) is 0 Å². The summed E-state index contributed by atoms with van der Waals surface area (Å²) in [5.41, 5.74) is 1.36. The Bertz CT molecular complexity index is 468. The van der Waals surface area contributed by atoms with Crippen molar-refractivity contribution in [3.05, 3.63) is 35.6 Å². The Labute approximate surface area is 90.3 Å². The summed E-state index contributed by atoms with van der Waals surface area (Å²) in [5.74, 6) is -0.873. The van der Waals surface area contributed by atoms with Crippen molar-refractivity contribution in [1.29, 1.82) is 0 Å². The fourth-order valence-corrected chi connectivity index (χ4v) is 2.04. The largest absolute Gasteiger partial charge is 0.481 e. The zero-order valence-corrected chi connectivity index (χ0v) is 8.57. The topological polar surface area (TPSA) is 63.1 Å². The van der Waals surface area contributed by atoms with Crippen LogP contribution in [0.1, 0.15) is 5.56 Å². The molecule has 5 heteroatoms. The molecule has 0 aliphatic carbocycles. The van der Waals surface area contributed by atoms with Gasteiger partial charge in [-0.3, -0.25) is 4.79 Å². The van der Waals surface area contributed by atoms with Crippen LogP contribution in [0.2, 0.25) is 0 Å². The maximum atomic E-state index is 10.6. The maximum Gasteiger partial charge on any atom is 0.307 e. The molecule has 0 aromatic carbocycles. The monoisotopic (exact) mass is 220 g/mol. The molecule has 0 aliphatic rings. The molecular weight excluding hydrogens is 212 g/mol. The van der Waals surface area contributed by atoms with Gasteiger partial charge in [-0.1, -0.05) is 6.07 Å². The Kier molecular flexibility index (Phi) is 2.73. The third kappa shape index (κ3) is 2.19. The van der Waals surface area contributed by atoms with E-state index in [-0.39, 0.29) is 6.42 Å². The molecule has 1 N–H and O–H groups in total. The van der Waals surface area contributed by atoms with Crippen LogP contribution in [0.25, 0.3) is 10.6 Å². The van der Waals surface area contributed by atoms with E-state index in [0.717, 1.165) is 4.88 Å². The molecule has 2 aromatic heterocycles. The summed E-state index contributed by atoms with van der Waals surface area (Å²) in [7, 11) is 0. The predicted molar refractivity (Wildman–Crippen MR) is 56.7 cm³/mol. The molecule has 0 aliphatic heterocycles. The number of thiophene rings is 1. The van der Waals surface area contributed by atoms with Crippen molar-refractivity contribution in [3.8, 4) is 10.6 Å². The number of rotatable bonds is 3. The molecular formula is C10H8N2O2S. The fourth-order valence-electron chi connectivity index (χ4n) is 1.29. The fraction of sp³-hybridized carbons (Fsp3) is 0.100. The first-order valence-corrected chi connectivity index (χ1v) is 5.20. The molecule has 0 amide bonds. The molecule has 15 heavy (non-hydrogen) atoms. The van der Waals surface area contributed by atoms with Gasteiger partial charge in [0.1, 0.15) is 6.33 Å². The Hall–Kier alpha value is -1.75. The van der Waals surface area contributed by atoms with Gasteiger partial charge in [-0.2, -0.15) is 0 Å². The summed E-state index contributed by atoms with van der Waals surface area (Å²) in [5, 5.41) is 10.7. The molecule has 2 aromatic rings. The van der Waals surface area contributed by atoms with Gasteiger partial charge in [-0.15, -0.1) is 11.3 Å². The van der Waals surface area contributed by atoms with Crippen molar-refractivity contribution in [2.75, 3.05) is 0 Å². The van der Waals surface area contributed by atoms with E-state index in [0.29, 0.717) is 11.3 Å². The first-order valence-electron chi connectivity index (χ1n) is 4.32. The van der Waals surface area contributed by atoms with E-state index < -0.39 is 5.97 Å². The molecule has 0 atom stereocenters. The summed E-state index contributed by atoms with van der Waals surface area (Å²) in [6.45, 7) is 0. The molecule has 0 fully saturated rings. The van der Waals surface area contributed by atoms with Gasteiger partial charge in [0.2, 0.25) is 0 Å². The van der Waals surface area contributed by atoms with Crippen molar-refractivity contribution in [1.82, 2.24) is 9.97 Å². The first kappa shape index (κ1) is 9.79. The van der Waals surface area contributed by atoms with Crippen LogP contribution >= 0.6 is 11.3 Å². The van der Waals surface area contributed by atoms with Gasteiger partial charge < -0.3 is 5.11 Å². The molecule has 4 nitrogen and oxygen atoms in total. The van der Waals surface area contributed by atoms with Crippen molar-refractivity contribution < 1.29 is 9.90 Å². The molecule has 2 rings (SSSR count). The van der Waals surface area contributed by atoms with Gasteiger partial charge in [0.15, 0.2) is 0 Å². The van der Waals surface area contributed by atoms with E-state index in [1.54, 1.807) is 6.20 Å².